The zero-order valence-electron chi connectivity index (χ0n) is 15.7. The maximum absolute atomic E-state index is 12.8. The van der Waals surface area contributed by atoms with E-state index in [1.54, 1.807) is 24.3 Å². The number of anilines is 1. The number of hydrogen-bond donors (Lipinski definition) is 1. The lowest BCUT2D eigenvalue weighted by atomic mass is 9.81. The molecule has 0 aromatic heterocycles. The van der Waals surface area contributed by atoms with Gasteiger partial charge in [0, 0.05) is 26.9 Å². The number of nitrogens with one attached hydrogen (secondary N) is 1. The predicted molar refractivity (Wildman–Crippen MR) is 116 cm³/mol. The van der Waals surface area contributed by atoms with Crippen LogP contribution in [0.4, 0.5) is 5.69 Å². The molecule has 1 aliphatic heterocycles. The molecule has 160 valence electrons. The number of halogens is 3. The van der Waals surface area contributed by atoms with Crippen molar-refractivity contribution in [1.82, 2.24) is 4.90 Å². The van der Waals surface area contributed by atoms with Crippen LogP contribution in [-0.4, -0.2) is 51.4 Å². The van der Waals surface area contributed by atoms with E-state index in [1.165, 1.54) is 4.90 Å². The molecule has 2 aliphatic carbocycles. The molecule has 0 spiro atoms. The first-order valence-electron chi connectivity index (χ1n) is 9.62. The average molecular weight is 563 g/mol. The molecular weight excluding hydrogens is 543 g/mol. The van der Waals surface area contributed by atoms with E-state index in [1.807, 2.05) is 0 Å². The fourth-order valence-electron chi connectivity index (χ4n) is 4.82. The zero-order valence-corrected chi connectivity index (χ0v) is 19.7. The number of hydrogen-bond acceptors (Lipinski definition) is 5. The maximum Gasteiger partial charge on any atom is 0.308 e. The van der Waals surface area contributed by atoms with Gasteiger partial charge in [-0.2, -0.15) is 0 Å². The Morgan fingerprint density at radius 1 is 1.13 bits per heavy atom. The molecule has 7 nitrogen and oxygen atoms in total. The Labute approximate surface area is 195 Å². The van der Waals surface area contributed by atoms with E-state index >= 15 is 0 Å². The van der Waals surface area contributed by atoms with Gasteiger partial charge in [0.1, 0.15) is 0 Å². The van der Waals surface area contributed by atoms with Gasteiger partial charge in [0.2, 0.25) is 11.8 Å². The van der Waals surface area contributed by atoms with E-state index in [2.05, 4.69) is 37.2 Å². The van der Waals surface area contributed by atoms with Crippen molar-refractivity contribution in [1.29, 1.82) is 0 Å². The van der Waals surface area contributed by atoms with Gasteiger partial charge >= 0.3 is 5.97 Å². The Hall–Kier alpha value is -1.45. The summed E-state index contributed by atoms with van der Waals surface area (Å²) in [5.41, 5.74) is 0.494. The first kappa shape index (κ1) is 21.8. The second-order valence-corrected chi connectivity index (χ2v) is 10.4. The van der Waals surface area contributed by atoms with Crippen molar-refractivity contribution in [3.63, 3.8) is 0 Å². The van der Waals surface area contributed by atoms with Crippen LogP contribution in [-0.2, 0) is 23.9 Å². The van der Waals surface area contributed by atoms with Crippen molar-refractivity contribution in [3.05, 3.63) is 29.3 Å². The summed E-state index contributed by atoms with van der Waals surface area (Å²) in [6, 6.07) is 6.60. The normalized spacial score (nSPS) is 31.8. The monoisotopic (exact) mass is 560 g/mol. The standard InChI is InChI=1S/C20H19Br2ClN2O5/c21-17-11-7-12(18(17)22)16-15(11)19(28)25(20(16)29)5-4-14(27)30-8-13(26)24-10-3-1-2-9(23)6-10/h1-3,6,11-12,15-18H,4-5,7-8H2,(H,24,26)/t11-,12-,15-,16-,17+,18+/m1/s1. The van der Waals surface area contributed by atoms with Gasteiger partial charge < -0.3 is 10.1 Å². The molecule has 1 saturated heterocycles. The zero-order chi connectivity index (χ0) is 21.6. The Balaban J connectivity index is 1.26. The van der Waals surface area contributed by atoms with Gasteiger partial charge in [-0.05, 0) is 36.5 Å². The second kappa shape index (κ2) is 8.59. The second-order valence-electron chi connectivity index (χ2n) is 7.80. The number of carbonyl (C=O) groups excluding carboxylic acids is 4. The minimum absolute atomic E-state index is 0.0290. The van der Waals surface area contributed by atoms with Crippen molar-refractivity contribution in [2.24, 2.45) is 23.7 Å². The van der Waals surface area contributed by atoms with Crippen LogP contribution in [0.5, 0.6) is 0 Å². The van der Waals surface area contributed by atoms with Gasteiger partial charge in [-0.15, -0.1) is 0 Å². The Bertz CT molecular complexity index is 881. The Morgan fingerprint density at radius 3 is 2.37 bits per heavy atom. The SMILES string of the molecule is O=C(COC(=O)CCN1C(=O)[C@@H]2[C@H]3C[C@@H]([C@H](Br)[C@H]3Br)[C@H]2C1=O)Nc1cccc(Cl)c1. The molecule has 1 aromatic rings. The molecule has 2 saturated carbocycles. The fourth-order valence-corrected chi connectivity index (χ4v) is 6.88. The summed E-state index contributed by atoms with van der Waals surface area (Å²) in [6.45, 7) is -0.488. The summed E-state index contributed by atoms with van der Waals surface area (Å²) in [7, 11) is 0. The first-order chi connectivity index (χ1) is 14.3. The Morgan fingerprint density at radius 2 is 1.77 bits per heavy atom. The molecular formula is C20H19Br2ClN2O5. The van der Waals surface area contributed by atoms with Crippen LogP contribution in [0.1, 0.15) is 12.8 Å². The molecule has 10 heteroatoms. The predicted octanol–water partition coefficient (Wildman–Crippen LogP) is 2.99. The summed E-state index contributed by atoms with van der Waals surface area (Å²) < 4.78 is 4.97. The van der Waals surface area contributed by atoms with Gasteiger partial charge in [0.25, 0.3) is 5.91 Å². The fraction of sp³-hybridized carbons (Fsp3) is 0.500. The first-order valence-corrected chi connectivity index (χ1v) is 11.8. The number of carbonyl (C=O) groups is 4. The summed E-state index contributed by atoms with van der Waals surface area (Å²) in [4.78, 5) is 51.0. The molecule has 1 heterocycles. The molecule has 30 heavy (non-hydrogen) atoms. The lowest BCUT2D eigenvalue weighted by molar-refractivity contribution is -0.149. The number of ether oxygens (including phenoxy) is 1. The number of benzene rings is 1. The molecule has 1 aromatic carbocycles. The molecule has 0 unspecified atom stereocenters. The number of rotatable bonds is 6. The maximum atomic E-state index is 12.8. The molecule has 3 amide bonds. The van der Waals surface area contributed by atoms with Crippen LogP contribution >= 0.6 is 43.5 Å². The molecule has 1 N–H and O–H groups in total. The average Bonchev–Trinajstić information content (AvgIpc) is 3.30. The number of alkyl halides is 2. The van der Waals surface area contributed by atoms with Crippen LogP contribution in [0.2, 0.25) is 5.02 Å². The van der Waals surface area contributed by atoms with Crippen LogP contribution in [0.15, 0.2) is 24.3 Å². The summed E-state index contributed by atoms with van der Waals surface area (Å²) in [6.07, 6.45) is 0.711. The molecule has 3 fully saturated rings. The van der Waals surface area contributed by atoms with Gasteiger partial charge in [0.05, 0.1) is 18.3 Å². The van der Waals surface area contributed by atoms with Gasteiger partial charge in [-0.3, -0.25) is 24.1 Å². The van der Waals surface area contributed by atoms with Gasteiger partial charge in [-0.1, -0.05) is 49.5 Å². The Kier molecular flexibility index (Phi) is 6.23. The van der Waals surface area contributed by atoms with Gasteiger partial charge in [-0.25, -0.2) is 0 Å². The van der Waals surface area contributed by atoms with Crippen LogP contribution in [0.3, 0.4) is 0 Å². The summed E-state index contributed by atoms with van der Waals surface area (Å²) in [5, 5.41) is 3.05. The lowest BCUT2D eigenvalue weighted by Crippen LogP contribution is -2.37. The third-order valence-corrected chi connectivity index (χ3v) is 9.53. The molecule has 4 rings (SSSR count). The lowest BCUT2D eigenvalue weighted by Gasteiger charge is -2.28. The topological polar surface area (TPSA) is 92.8 Å². The molecule has 2 bridgehead atoms. The minimum atomic E-state index is -0.645. The van der Waals surface area contributed by atoms with Crippen LogP contribution < -0.4 is 5.32 Å². The van der Waals surface area contributed by atoms with Crippen molar-refractivity contribution >= 4 is 72.8 Å². The summed E-state index contributed by atoms with van der Waals surface area (Å²) in [5.74, 6) is -1.90. The van der Waals surface area contributed by atoms with E-state index in [4.69, 9.17) is 16.3 Å². The highest BCUT2D eigenvalue weighted by Gasteiger charge is 2.66. The highest BCUT2D eigenvalue weighted by molar-refractivity contribution is 9.12. The minimum Gasteiger partial charge on any atom is -0.456 e. The number of nitrogens with zero attached hydrogens (tertiary/aromatic N) is 1. The van der Waals surface area contributed by atoms with E-state index in [0.717, 1.165) is 6.42 Å². The summed E-state index contributed by atoms with van der Waals surface area (Å²) >= 11 is 13.1. The van der Waals surface area contributed by atoms with Crippen molar-refractivity contribution < 1.29 is 23.9 Å². The van der Waals surface area contributed by atoms with Crippen molar-refractivity contribution in [2.75, 3.05) is 18.5 Å². The van der Waals surface area contributed by atoms with Crippen LogP contribution in [0, 0.1) is 23.7 Å². The third-order valence-electron chi connectivity index (χ3n) is 6.09. The highest BCUT2D eigenvalue weighted by Crippen LogP contribution is 2.60. The number of amides is 3. The van der Waals surface area contributed by atoms with Gasteiger partial charge in [0.15, 0.2) is 6.61 Å². The van der Waals surface area contributed by atoms with E-state index in [0.29, 0.717) is 10.7 Å². The highest BCUT2D eigenvalue weighted by atomic mass is 79.9. The molecule has 3 aliphatic rings. The number of imide groups is 1. The smallest absolute Gasteiger partial charge is 0.308 e. The van der Waals surface area contributed by atoms with E-state index in [9.17, 15) is 19.2 Å². The van der Waals surface area contributed by atoms with Crippen LogP contribution in [0.25, 0.3) is 0 Å². The number of likely N-dealkylation sites (tertiary alicyclic amines) is 1. The quantitative estimate of drug-likeness (QED) is 0.327. The van der Waals surface area contributed by atoms with E-state index < -0.39 is 18.5 Å². The third kappa shape index (κ3) is 3.91. The largest absolute Gasteiger partial charge is 0.456 e. The molecule has 6 atom stereocenters. The van der Waals surface area contributed by atoms with E-state index in [-0.39, 0.29) is 58.1 Å². The van der Waals surface area contributed by atoms with Crippen molar-refractivity contribution in [3.8, 4) is 0 Å². The van der Waals surface area contributed by atoms with Crippen molar-refractivity contribution in [2.45, 2.75) is 22.5 Å². The molecule has 0 radical (unpaired) electrons. The number of esters is 1. The number of fused-ring (bicyclic) bond motifs is 5.